The number of morpholine rings is 1. The van der Waals surface area contributed by atoms with Gasteiger partial charge in [-0.05, 0) is 24.1 Å². The van der Waals surface area contributed by atoms with Crippen LogP contribution >= 0.6 is 22.9 Å². The topological polar surface area (TPSA) is 54.5 Å². The number of hydrogen-bond acceptors (Lipinski definition) is 5. The summed E-state index contributed by atoms with van der Waals surface area (Å²) in [6.45, 7) is 4.82. The number of halogens is 1. The summed E-state index contributed by atoms with van der Waals surface area (Å²) in [6, 6.07) is 7.62. The highest BCUT2D eigenvalue weighted by molar-refractivity contribution is 7.09. The molecule has 0 saturated carbocycles. The quantitative estimate of drug-likeness (QED) is 0.803. The molecule has 1 aliphatic heterocycles. The lowest BCUT2D eigenvalue weighted by molar-refractivity contribution is -0.121. The van der Waals surface area contributed by atoms with Crippen LogP contribution in [0, 0.1) is 0 Å². The summed E-state index contributed by atoms with van der Waals surface area (Å²) >= 11 is 7.55. The number of aromatic nitrogens is 1. The van der Waals surface area contributed by atoms with Crippen LogP contribution in [0.1, 0.15) is 22.7 Å². The van der Waals surface area contributed by atoms with Crippen LogP contribution in [0.5, 0.6) is 0 Å². The summed E-state index contributed by atoms with van der Waals surface area (Å²) < 4.78 is 5.35. The molecule has 0 unspecified atom stereocenters. The van der Waals surface area contributed by atoms with Crippen LogP contribution in [0.15, 0.2) is 29.6 Å². The highest BCUT2D eigenvalue weighted by Gasteiger charge is 2.13. The molecule has 1 N–H and O–H groups in total. The lowest BCUT2D eigenvalue weighted by Crippen LogP contribution is -2.35. The second-order valence-corrected chi connectivity index (χ2v) is 7.41. The molecule has 25 heavy (non-hydrogen) atoms. The molecular formula is C18H22ClN3O2S. The predicted octanol–water partition coefficient (Wildman–Crippen LogP) is 2.88. The minimum absolute atomic E-state index is 0.0323. The molecule has 1 saturated heterocycles. The van der Waals surface area contributed by atoms with Crippen LogP contribution in [0.2, 0.25) is 5.02 Å². The monoisotopic (exact) mass is 379 g/mol. The first-order chi connectivity index (χ1) is 12.2. The van der Waals surface area contributed by atoms with Crippen LogP contribution in [-0.2, 0) is 29.0 Å². The molecule has 3 rings (SSSR count). The van der Waals surface area contributed by atoms with Crippen molar-refractivity contribution in [1.82, 2.24) is 15.2 Å². The first-order valence-electron chi connectivity index (χ1n) is 8.43. The van der Waals surface area contributed by atoms with Gasteiger partial charge in [-0.3, -0.25) is 9.69 Å². The summed E-state index contributed by atoms with van der Waals surface area (Å²) in [7, 11) is 0. The third kappa shape index (κ3) is 6.08. The molecule has 1 aromatic heterocycles. The lowest BCUT2D eigenvalue weighted by atomic mass is 10.1. The molecule has 0 aliphatic carbocycles. The molecule has 1 aromatic carbocycles. The number of benzene rings is 1. The predicted molar refractivity (Wildman–Crippen MR) is 99.8 cm³/mol. The van der Waals surface area contributed by atoms with Gasteiger partial charge in [0.1, 0.15) is 5.01 Å². The Morgan fingerprint density at radius 3 is 3.00 bits per heavy atom. The first-order valence-corrected chi connectivity index (χ1v) is 9.69. The number of nitrogens with zero attached hydrogens (tertiary/aromatic N) is 2. The molecule has 7 heteroatoms. The van der Waals surface area contributed by atoms with E-state index in [1.807, 2.05) is 24.3 Å². The van der Waals surface area contributed by atoms with E-state index < -0.39 is 0 Å². The molecule has 1 aliphatic rings. The van der Waals surface area contributed by atoms with Crippen LogP contribution in [-0.4, -0.2) is 42.1 Å². The molecule has 1 amide bonds. The normalized spacial score (nSPS) is 15.2. The maximum absolute atomic E-state index is 12.0. The fourth-order valence-corrected chi connectivity index (χ4v) is 3.64. The second-order valence-electron chi connectivity index (χ2n) is 6.03. The molecule has 134 valence electrons. The number of carbonyl (C=O) groups is 1. The maximum atomic E-state index is 12.0. The number of aryl methyl sites for hydroxylation is 1. The second kappa shape index (κ2) is 9.29. The molecule has 1 fully saturated rings. The number of nitrogens with one attached hydrogen (secondary N) is 1. The molecular weight excluding hydrogens is 358 g/mol. The number of rotatable bonds is 7. The van der Waals surface area contributed by atoms with Crippen LogP contribution in [0.3, 0.4) is 0 Å². The SMILES string of the molecule is O=C(CCc1cccc(Cl)c1)NCc1nc(CN2CCOCC2)cs1. The summed E-state index contributed by atoms with van der Waals surface area (Å²) in [5.41, 5.74) is 2.14. The van der Waals surface area contributed by atoms with E-state index in [0.29, 0.717) is 24.4 Å². The number of amides is 1. The number of thiazole rings is 1. The van der Waals surface area contributed by atoms with E-state index in [4.69, 9.17) is 16.3 Å². The maximum Gasteiger partial charge on any atom is 0.220 e. The van der Waals surface area contributed by atoms with Crippen molar-refractivity contribution in [2.75, 3.05) is 26.3 Å². The Morgan fingerprint density at radius 2 is 2.20 bits per heavy atom. The van der Waals surface area contributed by atoms with Crippen LogP contribution in [0.4, 0.5) is 0 Å². The van der Waals surface area contributed by atoms with Crippen molar-refractivity contribution in [2.45, 2.75) is 25.9 Å². The summed E-state index contributed by atoms with van der Waals surface area (Å²) in [5.74, 6) is 0.0323. The molecule has 0 radical (unpaired) electrons. The largest absolute Gasteiger partial charge is 0.379 e. The number of carbonyl (C=O) groups excluding carboxylic acids is 1. The Morgan fingerprint density at radius 1 is 1.36 bits per heavy atom. The fourth-order valence-electron chi connectivity index (χ4n) is 2.70. The minimum atomic E-state index is 0.0323. The van der Waals surface area contributed by atoms with E-state index in [1.54, 1.807) is 11.3 Å². The van der Waals surface area contributed by atoms with Crippen molar-refractivity contribution in [2.24, 2.45) is 0 Å². The third-order valence-electron chi connectivity index (χ3n) is 4.06. The zero-order valence-electron chi connectivity index (χ0n) is 14.0. The van der Waals surface area contributed by atoms with E-state index in [-0.39, 0.29) is 5.91 Å². The van der Waals surface area contributed by atoms with Crippen molar-refractivity contribution in [3.05, 3.63) is 50.9 Å². The molecule has 2 heterocycles. The van der Waals surface area contributed by atoms with E-state index >= 15 is 0 Å². The van der Waals surface area contributed by atoms with Crippen molar-refractivity contribution in [3.63, 3.8) is 0 Å². The van der Waals surface area contributed by atoms with Gasteiger partial charge < -0.3 is 10.1 Å². The van der Waals surface area contributed by atoms with Crippen molar-refractivity contribution in [1.29, 1.82) is 0 Å². The average molecular weight is 380 g/mol. The Bertz CT molecular complexity index is 701. The van der Waals surface area contributed by atoms with Gasteiger partial charge in [-0.25, -0.2) is 4.98 Å². The third-order valence-corrected chi connectivity index (χ3v) is 5.19. The van der Waals surface area contributed by atoms with E-state index in [9.17, 15) is 4.79 Å². The van der Waals surface area contributed by atoms with Gasteiger partial charge >= 0.3 is 0 Å². The highest BCUT2D eigenvalue weighted by Crippen LogP contribution is 2.14. The number of hydrogen-bond donors (Lipinski definition) is 1. The number of ether oxygens (including phenoxy) is 1. The molecule has 2 aromatic rings. The Labute approximate surface area is 157 Å². The van der Waals surface area contributed by atoms with Crippen molar-refractivity contribution >= 4 is 28.8 Å². The van der Waals surface area contributed by atoms with E-state index in [0.717, 1.165) is 49.1 Å². The van der Waals surface area contributed by atoms with Gasteiger partial charge in [0, 0.05) is 36.5 Å². The molecule has 0 bridgehead atoms. The highest BCUT2D eigenvalue weighted by atomic mass is 35.5. The lowest BCUT2D eigenvalue weighted by Gasteiger charge is -2.25. The zero-order chi connectivity index (χ0) is 17.5. The zero-order valence-corrected chi connectivity index (χ0v) is 15.6. The molecule has 0 spiro atoms. The van der Waals surface area contributed by atoms with Crippen LogP contribution < -0.4 is 5.32 Å². The molecule has 0 atom stereocenters. The smallest absolute Gasteiger partial charge is 0.220 e. The first kappa shape index (κ1) is 18.3. The summed E-state index contributed by atoms with van der Waals surface area (Å²) in [6.07, 6.45) is 1.14. The van der Waals surface area contributed by atoms with E-state index in [1.165, 1.54) is 0 Å². The summed E-state index contributed by atoms with van der Waals surface area (Å²) in [5, 5.41) is 6.66. The van der Waals surface area contributed by atoms with Gasteiger partial charge in [-0.1, -0.05) is 23.7 Å². The Kier molecular flexibility index (Phi) is 6.81. The van der Waals surface area contributed by atoms with Gasteiger partial charge in [0.15, 0.2) is 0 Å². The Balaban J connectivity index is 1.40. The minimum Gasteiger partial charge on any atom is -0.379 e. The molecule has 5 nitrogen and oxygen atoms in total. The average Bonchev–Trinajstić information content (AvgIpc) is 3.06. The standard InChI is InChI=1S/C18H22ClN3O2S/c19-15-3-1-2-14(10-15)4-5-17(23)20-11-18-21-16(13-25-18)12-22-6-8-24-9-7-22/h1-3,10,13H,4-9,11-12H2,(H,20,23). The fraction of sp³-hybridized carbons (Fsp3) is 0.444. The van der Waals surface area contributed by atoms with Gasteiger partial charge in [0.25, 0.3) is 0 Å². The van der Waals surface area contributed by atoms with Gasteiger partial charge in [0.05, 0.1) is 25.5 Å². The van der Waals surface area contributed by atoms with Crippen molar-refractivity contribution < 1.29 is 9.53 Å². The van der Waals surface area contributed by atoms with Gasteiger partial charge in [-0.2, -0.15) is 0 Å². The van der Waals surface area contributed by atoms with E-state index in [2.05, 4.69) is 20.6 Å². The summed E-state index contributed by atoms with van der Waals surface area (Å²) in [4.78, 5) is 19.0. The van der Waals surface area contributed by atoms with Crippen LogP contribution in [0.25, 0.3) is 0 Å². The van der Waals surface area contributed by atoms with Gasteiger partial charge in [-0.15, -0.1) is 11.3 Å². The van der Waals surface area contributed by atoms with Crippen molar-refractivity contribution in [3.8, 4) is 0 Å². The van der Waals surface area contributed by atoms with Gasteiger partial charge in [0.2, 0.25) is 5.91 Å². The Hall–Kier alpha value is -1.47.